The number of pyridine rings is 1. The van der Waals surface area contributed by atoms with Crippen LogP contribution in [-0.4, -0.2) is 54.2 Å². The average Bonchev–Trinajstić information content (AvgIpc) is 2.53. The number of aliphatic hydroxyl groups is 2. The number of aromatic nitrogens is 1. The van der Waals surface area contributed by atoms with Crippen molar-refractivity contribution >= 4 is 10.0 Å². The summed E-state index contributed by atoms with van der Waals surface area (Å²) < 4.78 is 26.5. The molecule has 1 aromatic heterocycles. The molecule has 0 radical (unpaired) electrons. The molecular formula is C14H18N2O4S. The van der Waals surface area contributed by atoms with Gasteiger partial charge in [-0.3, -0.25) is 4.98 Å². The van der Waals surface area contributed by atoms with Gasteiger partial charge in [-0.2, -0.15) is 4.31 Å². The van der Waals surface area contributed by atoms with E-state index < -0.39 is 10.0 Å². The number of hydrogen-bond donors (Lipinski definition) is 2. The second kappa shape index (κ2) is 7.00. The van der Waals surface area contributed by atoms with Crippen LogP contribution in [0.4, 0.5) is 0 Å². The highest BCUT2D eigenvalue weighted by molar-refractivity contribution is 7.89. The molecule has 6 nitrogen and oxygen atoms in total. The molecule has 0 spiro atoms. The Morgan fingerprint density at radius 3 is 2.90 bits per heavy atom. The van der Waals surface area contributed by atoms with Crippen molar-refractivity contribution in [1.82, 2.24) is 9.29 Å². The van der Waals surface area contributed by atoms with Crippen LogP contribution in [0.3, 0.4) is 0 Å². The summed E-state index contributed by atoms with van der Waals surface area (Å²) in [5.74, 6) is 5.09. The van der Waals surface area contributed by atoms with Crippen LogP contribution in [0.15, 0.2) is 23.4 Å². The fraction of sp³-hybridized carbons (Fsp3) is 0.500. The van der Waals surface area contributed by atoms with E-state index in [1.165, 1.54) is 22.8 Å². The highest BCUT2D eigenvalue weighted by Gasteiger charge is 2.30. The van der Waals surface area contributed by atoms with Gasteiger partial charge in [-0.15, -0.1) is 0 Å². The van der Waals surface area contributed by atoms with Gasteiger partial charge in [0.25, 0.3) is 0 Å². The van der Waals surface area contributed by atoms with Crippen LogP contribution in [-0.2, 0) is 10.0 Å². The molecule has 1 aliphatic rings. The van der Waals surface area contributed by atoms with Crippen molar-refractivity contribution in [2.75, 3.05) is 26.3 Å². The maximum Gasteiger partial charge on any atom is 0.244 e. The zero-order valence-electron chi connectivity index (χ0n) is 11.6. The zero-order chi connectivity index (χ0) is 15.3. The SMILES string of the molecule is O=S(=O)(c1cncc(C#CCO)c1)N1CCCC(CO)C1. The van der Waals surface area contributed by atoms with Gasteiger partial charge < -0.3 is 10.2 Å². The van der Waals surface area contributed by atoms with E-state index in [0.717, 1.165) is 12.8 Å². The number of nitrogens with zero attached hydrogens (tertiary/aromatic N) is 2. The molecule has 2 rings (SSSR count). The third-order valence-corrected chi connectivity index (χ3v) is 5.23. The second-order valence-corrected chi connectivity index (χ2v) is 6.86. The van der Waals surface area contributed by atoms with Gasteiger partial charge in [0.15, 0.2) is 0 Å². The lowest BCUT2D eigenvalue weighted by Gasteiger charge is -2.30. The number of sulfonamides is 1. The largest absolute Gasteiger partial charge is 0.396 e. The Balaban J connectivity index is 2.26. The number of rotatable bonds is 3. The van der Waals surface area contributed by atoms with Crippen LogP contribution in [0.25, 0.3) is 0 Å². The van der Waals surface area contributed by atoms with Crippen LogP contribution in [0.1, 0.15) is 18.4 Å². The fourth-order valence-corrected chi connectivity index (χ4v) is 3.86. The molecule has 1 atom stereocenters. The molecule has 0 aromatic carbocycles. The maximum atomic E-state index is 12.6. The first-order valence-corrected chi connectivity index (χ1v) is 8.17. The molecule has 1 aliphatic heterocycles. The van der Waals surface area contributed by atoms with E-state index >= 15 is 0 Å². The number of piperidine rings is 1. The highest BCUT2D eigenvalue weighted by Crippen LogP contribution is 2.23. The van der Waals surface area contributed by atoms with Gasteiger partial charge in [-0.1, -0.05) is 11.8 Å². The Morgan fingerprint density at radius 1 is 1.38 bits per heavy atom. The van der Waals surface area contributed by atoms with Crippen LogP contribution in [0, 0.1) is 17.8 Å². The Hall–Kier alpha value is -1.46. The van der Waals surface area contributed by atoms with Crippen LogP contribution < -0.4 is 0 Å². The smallest absolute Gasteiger partial charge is 0.244 e. The summed E-state index contributed by atoms with van der Waals surface area (Å²) in [7, 11) is -3.62. The van der Waals surface area contributed by atoms with Gasteiger partial charge in [-0.05, 0) is 24.8 Å². The quantitative estimate of drug-likeness (QED) is 0.756. The number of aliphatic hydroxyl groups excluding tert-OH is 2. The lowest BCUT2D eigenvalue weighted by atomic mass is 10.0. The molecule has 0 aliphatic carbocycles. The summed E-state index contributed by atoms with van der Waals surface area (Å²) in [6, 6.07) is 1.45. The fourth-order valence-electron chi connectivity index (χ4n) is 2.31. The second-order valence-electron chi connectivity index (χ2n) is 4.92. The summed E-state index contributed by atoms with van der Waals surface area (Å²) in [4.78, 5) is 3.99. The average molecular weight is 310 g/mol. The summed E-state index contributed by atoms with van der Waals surface area (Å²) >= 11 is 0. The summed E-state index contributed by atoms with van der Waals surface area (Å²) in [6.45, 7) is 0.477. The molecule has 0 bridgehead atoms. The van der Waals surface area contributed by atoms with Crippen molar-refractivity contribution < 1.29 is 18.6 Å². The van der Waals surface area contributed by atoms with E-state index in [1.54, 1.807) is 0 Å². The first-order chi connectivity index (χ1) is 10.1. The van der Waals surface area contributed by atoms with Crippen LogP contribution >= 0.6 is 0 Å². The van der Waals surface area contributed by atoms with Crippen molar-refractivity contribution in [2.45, 2.75) is 17.7 Å². The third kappa shape index (κ3) is 3.80. The summed E-state index contributed by atoms with van der Waals surface area (Å²) in [6.07, 6.45) is 4.32. The van der Waals surface area contributed by atoms with Gasteiger partial charge in [0, 0.05) is 37.7 Å². The van der Waals surface area contributed by atoms with E-state index in [0.29, 0.717) is 18.7 Å². The molecule has 2 heterocycles. The molecule has 0 amide bonds. The van der Waals surface area contributed by atoms with Crippen molar-refractivity contribution in [1.29, 1.82) is 0 Å². The molecule has 1 fully saturated rings. The van der Waals surface area contributed by atoms with E-state index in [4.69, 9.17) is 5.11 Å². The van der Waals surface area contributed by atoms with Crippen LogP contribution in [0.2, 0.25) is 0 Å². The molecule has 7 heteroatoms. The molecule has 114 valence electrons. The van der Waals surface area contributed by atoms with Crippen LogP contribution in [0.5, 0.6) is 0 Å². The Morgan fingerprint density at radius 2 is 2.19 bits per heavy atom. The minimum atomic E-state index is -3.62. The lowest BCUT2D eigenvalue weighted by molar-refractivity contribution is 0.165. The zero-order valence-corrected chi connectivity index (χ0v) is 12.4. The molecule has 0 saturated carbocycles. The van der Waals surface area contributed by atoms with Crippen molar-refractivity contribution in [3.05, 3.63) is 24.0 Å². The summed E-state index contributed by atoms with van der Waals surface area (Å²) in [5, 5.41) is 17.9. The van der Waals surface area contributed by atoms with Gasteiger partial charge in [0.05, 0.1) is 0 Å². The van der Waals surface area contributed by atoms with Crippen molar-refractivity contribution in [3.8, 4) is 11.8 Å². The van der Waals surface area contributed by atoms with Gasteiger partial charge in [0.1, 0.15) is 11.5 Å². The molecule has 1 saturated heterocycles. The van der Waals surface area contributed by atoms with E-state index in [1.807, 2.05) is 0 Å². The molecule has 2 N–H and O–H groups in total. The standard InChI is InChI=1S/C14H18N2O4S/c17-6-2-4-12-7-14(9-15-8-12)21(19,20)16-5-1-3-13(10-16)11-18/h7-9,13,17-18H,1,3,5-6,10-11H2. The monoisotopic (exact) mass is 310 g/mol. The topological polar surface area (TPSA) is 90.7 Å². The van der Waals surface area contributed by atoms with E-state index in [9.17, 15) is 13.5 Å². The van der Waals surface area contributed by atoms with Gasteiger partial charge in [-0.25, -0.2) is 8.42 Å². The normalized spacial score (nSPS) is 19.8. The number of hydrogen-bond acceptors (Lipinski definition) is 5. The Labute approximate surface area is 124 Å². The first-order valence-electron chi connectivity index (χ1n) is 6.73. The minimum Gasteiger partial charge on any atom is -0.396 e. The minimum absolute atomic E-state index is 0.00765. The lowest BCUT2D eigenvalue weighted by Crippen LogP contribution is -2.40. The van der Waals surface area contributed by atoms with E-state index in [2.05, 4.69) is 16.8 Å². The Bertz CT molecular complexity index is 648. The summed E-state index contributed by atoms with van der Waals surface area (Å²) in [5.41, 5.74) is 0.445. The molecule has 1 unspecified atom stereocenters. The van der Waals surface area contributed by atoms with Gasteiger partial charge >= 0.3 is 0 Å². The Kier molecular flexibility index (Phi) is 5.31. The molecule has 1 aromatic rings. The molecular weight excluding hydrogens is 292 g/mol. The third-order valence-electron chi connectivity index (χ3n) is 3.40. The first kappa shape index (κ1) is 15.9. The van der Waals surface area contributed by atoms with E-state index in [-0.39, 0.29) is 24.0 Å². The maximum absolute atomic E-state index is 12.6. The van der Waals surface area contributed by atoms with Crippen molar-refractivity contribution in [3.63, 3.8) is 0 Å². The predicted molar refractivity (Wildman–Crippen MR) is 76.8 cm³/mol. The highest BCUT2D eigenvalue weighted by atomic mass is 32.2. The van der Waals surface area contributed by atoms with Gasteiger partial charge in [0.2, 0.25) is 10.0 Å². The molecule has 21 heavy (non-hydrogen) atoms. The predicted octanol–water partition coefficient (Wildman–Crippen LogP) is -0.182. The van der Waals surface area contributed by atoms with Crippen molar-refractivity contribution in [2.24, 2.45) is 5.92 Å².